The van der Waals surface area contributed by atoms with Crippen LogP contribution >= 0.6 is 0 Å². The fourth-order valence-electron chi connectivity index (χ4n) is 2.33. The maximum atomic E-state index is 11.6. The van der Waals surface area contributed by atoms with Gasteiger partial charge in [0, 0.05) is 12.8 Å². The van der Waals surface area contributed by atoms with Crippen LogP contribution < -0.4 is 0 Å². The van der Waals surface area contributed by atoms with Crippen LogP contribution in [0.15, 0.2) is 60.8 Å². The van der Waals surface area contributed by atoms with E-state index in [9.17, 15) is 9.90 Å². The molecule has 0 spiro atoms. The Labute approximate surface area is 165 Å². The molecule has 0 fully saturated rings. The minimum atomic E-state index is -0.763. The van der Waals surface area contributed by atoms with Gasteiger partial charge in [-0.2, -0.15) is 0 Å². The number of carbonyl (C=O) groups is 1. The lowest BCUT2D eigenvalue weighted by Gasteiger charge is -2.05. The van der Waals surface area contributed by atoms with Gasteiger partial charge in [0.05, 0.1) is 12.7 Å². The summed E-state index contributed by atoms with van der Waals surface area (Å²) in [4.78, 5) is 11.6. The summed E-state index contributed by atoms with van der Waals surface area (Å²) in [6.45, 7) is 1.87. The minimum absolute atomic E-state index is 0.163. The highest BCUT2D eigenvalue weighted by Gasteiger charge is 2.06. The highest BCUT2D eigenvalue weighted by molar-refractivity contribution is 5.78. The number of rotatable bonds is 17. The first-order valence-corrected chi connectivity index (χ1v) is 10.3. The average Bonchev–Trinajstić information content (AvgIpc) is 2.68. The fourth-order valence-corrected chi connectivity index (χ4v) is 2.33. The molecule has 152 valence electrons. The predicted octanol–water partition coefficient (Wildman–Crippen LogP) is 5.61. The lowest BCUT2D eigenvalue weighted by Crippen LogP contribution is -2.13. The Morgan fingerprint density at radius 1 is 0.815 bits per heavy atom. The Morgan fingerprint density at radius 3 is 2.19 bits per heavy atom. The lowest BCUT2D eigenvalue weighted by molar-refractivity contribution is -0.119. The van der Waals surface area contributed by atoms with Gasteiger partial charge in [-0.1, -0.05) is 67.7 Å². The maximum Gasteiger partial charge on any atom is 0.133 e. The van der Waals surface area contributed by atoms with E-state index >= 15 is 0 Å². The normalized spacial score (nSPS) is 13.9. The molecule has 1 unspecified atom stereocenters. The van der Waals surface area contributed by atoms with Crippen LogP contribution in [-0.2, 0) is 4.79 Å². The standard InChI is InChI=1S/C24H38O3/c1-2-3-4-5-6-7-8-9-10-11-12-13-14-15-16-17-18-19-23(26)20-21-24(27)22-25/h3-4,6-9,12-13,15-16,24-25,27H,2,5,10-11,14,17-22H2,1H3/b4-3-,7-6-,9-8-,13-12-,16-15-. The third kappa shape index (κ3) is 20.5. The summed E-state index contributed by atoms with van der Waals surface area (Å²) < 4.78 is 0. The number of Topliss-reactive ketones (excluding diaryl/α,β-unsaturated/α-hetero) is 1. The SMILES string of the molecule is CC/C=C\C/C=C\C=C/CC/C=C\C/C=C\CCCC(=O)CCC(O)CO. The molecule has 2 N–H and O–H groups in total. The molecule has 0 rings (SSSR count). The molecule has 3 nitrogen and oxygen atoms in total. The molecule has 0 aliphatic carbocycles. The third-order valence-corrected chi connectivity index (χ3v) is 3.96. The molecule has 0 aromatic carbocycles. The lowest BCUT2D eigenvalue weighted by atomic mass is 10.1. The number of carbonyl (C=O) groups excluding carboxylic acids is 1. The first-order chi connectivity index (χ1) is 13.2. The monoisotopic (exact) mass is 374 g/mol. The molecule has 0 amide bonds. The average molecular weight is 375 g/mol. The fraction of sp³-hybridized carbons (Fsp3) is 0.542. The molecule has 0 aliphatic heterocycles. The van der Waals surface area contributed by atoms with Crippen LogP contribution in [0, 0.1) is 0 Å². The molecule has 1 atom stereocenters. The summed E-state index contributed by atoms with van der Waals surface area (Å²) in [5, 5.41) is 17.9. The summed E-state index contributed by atoms with van der Waals surface area (Å²) in [5.41, 5.74) is 0. The molecule has 0 bridgehead atoms. The van der Waals surface area contributed by atoms with Gasteiger partial charge < -0.3 is 10.2 Å². The van der Waals surface area contributed by atoms with Gasteiger partial charge in [-0.05, 0) is 51.4 Å². The number of hydrogen-bond acceptors (Lipinski definition) is 3. The van der Waals surface area contributed by atoms with Crippen molar-refractivity contribution in [1.82, 2.24) is 0 Å². The maximum absolute atomic E-state index is 11.6. The zero-order valence-corrected chi connectivity index (χ0v) is 16.9. The van der Waals surface area contributed by atoms with Crippen molar-refractivity contribution in [1.29, 1.82) is 0 Å². The Hall–Kier alpha value is -1.71. The molecule has 0 radical (unpaired) electrons. The molecule has 0 heterocycles. The molecule has 0 saturated carbocycles. The van der Waals surface area contributed by atoms with Crippen molar-refractivity contribution >= 4 is 5.78 Å². The minimum Gasteiger partial charge on any atom is -0.394 e. The summed E-state index contributed by atoms with van der Waals surface area (Å²) in [6.07, 6.45) is 29.0. The number of hydrogen-bond donors (Lipinski definition) is 2. The van der Waals surface area contributed by atoms with Gasteiger partial charge in [0.2, 0.25) is 0 Å². The second-order valence-corrected chi connectivity index (χ2v) is 6.53. The summed E-state index contributed by atoms with van der Waals surface area (Å²) in [5.74, 6) is 0.163. The quantitative estimate of drug-likeness (QED) is 0.198. The molecule has 3 heteroatoms. The van der Waals surface area contributed by atoms with E-state index in [1.165, 1.54) is 0 Å². The zero-order chi connectivity index (χ0) is 20.0. The highest BCUT2D eigenvalue weighted by Crippen LogP contribution is 2.05. The van der Waals surface area contributed by atoms with Crippen LogP contribution in [0.5, 0.6) is 0 Å². The van der Waals surface area contributed by atoms with E-state index in [0.717, 1.165) is 44.9 Å². The highest BCUT2D eigenvalue weighted by atomic mass is 16.3. The van der Waals surface area contributed by atoms with Gasteiger partial charge in [-0.15, -0.1) is 0 Å². The van der Waals surface area contributed by atoms with Gasteiger partial charge in [-0.3, -0.25) is 4.79 Å². The molecular formula is C24H38O3. The van der Waals surface area contributed by atoms with Gasteiger partial charge in [-0.25, -0.2) is 0 Å². The van der Waals surface area contributed by atoms with Crippen LogP contribution in [0.3, 0.4) is 0 Å². The van der Waals surface area contributed by atoms with E-state index in [4.69, 9.17) is 5.11 Å². The molecule has 0 aromatic heterocycles. The molecule has 0 aromatic rings. The van der Waals surface area contributed by atoms with Crippen molar-refractivity contribution in [2.45, 2.75) is 77.2 Å². The second kappa shape index (κ2) is 20.6. The predicted molar refractivity (Wildman–Crippen MR) is 116 cm³/mol. The van der Waals surface area contributed by atoms with Crippen LogP contribution in [0.4, 0.5) is 0 Å². The van der Waals surface area contributed by atoms with Crippen LogP contribution in [0.25, 0.3) is 0 Å². The van der Waals surface area contributed by atoms with Gasteiger partial charge in [0.25, 0.3) is 0 Å². The van der Waals surface area contributed by atoms with Crippen molar-refractivity contribution in [2.24, 2.45) is 0 Å². The Morgan fingerprint density at radius 2 is 1.44 bits per heavy atom. The smallest absolute Gasteiger partial charge is 0.133 e. The molecule has 27 heavy (non-hydrogen) atoms. The summed E-state index contributed by atoms with van der Waals surface area (Å²) in [7, 11) is 0. The van der Waals surface area contributed by atoms with E-state index in [2.05, 4.69) is 67.7 Å². The van der Waals surface area contributed by atoms with E-state index in [-0.39, 0.29) is 12.4 Å². The number of aliphatic hydroxyl groups excluding tert-OH is 2. The number of allylic oxidation sites excluding steroid dienone is 10. The van der Waals surface area contributed by atoms with E-state index in [0.29, 0.717) is 19.3 Å². The van der Waals surface area contributed by atoms with Crippen LogP contribution in [0.1, 0.15) is 71.1 Å². The van der Waals surface area contributed by atoms with Gasteiger partial charge >= 0.3 is 0 Å². The van der Waals surface area contributed by atoms with Crippen molar-refractivity contribution in [3.05, 3.63) is 60.8 Å². The Balaban J connectivity index is 3.52. The molecular weight excluding hydrogens is 336 g/mol. The van der Waals surface area contributed by atoms with E-state index in [1.807, 2.05) is 0 Å². The zero-order valence-electron chi connectivity index (χ0n) is 16.9. The molecule has 0 saturated heterocycles. The first-order valence-electron chi connectivity index (χ1n) is 10.3. The van der Waals surface area contributed by atoms with Crippen molar-refractivity contribution in [3.63, 3.8) is 0 Å². The number of ketones is 1. The molecule has 0 aliphatic rings. The Bertz CT molecular complexity index is 484. The van der Waals surface area contributed by atoms with Crippen molar-refractivity contribution < 1.29 is 15.0 Å². The number of aliphatic hydroxyl groups is 2. The first kappa shape index (κ1) is 25.3. The van der Waals surface area contributed by atoms with Crippen LogP contribution in [-0.4, -0.2) is 28.7 Å². The van der Waals surface area contributed by atoms with E-state index < -0.39 is 6.10 Å². The van der Waals surface area contributed by atoms with Crippen LogP contribution in [0.2, 0.25) is 0 Å². The second-order valence-electron chi connectivity index (χ2n) is 6.53. The topological polar surface area (TPSA) is 57.5 Å². The van der Waals surface area contributed by atoms with Gasteiger partial charge in [0.15, 0.2) is 0 Å². The Kier molecular flexibility index (Phi) is 19.3. The summed E-state index contributed by atoms with van der Waals surface area (Å²) in [6, 6.07) is 0. The van der Waals surface area contributed by atoms with Crippen molar-refractivity contribution in [2.75, 3.05) is 6.61 Å². The number of unbranched alkanes of at least 4 members (excludes halogenated alkanes) is 2. The largest absolute Gasteiger partial charge is 0.394 e. The third-order valence-electron chi connectivity index (χ3n) is 3.96. The van der Waals surface area contributed by atoms with Gasteiger partial charge in [0.1, 0.15) is 5.78 Å². The van der Waals surface area contributed by atoms with Crippen molar-refractivity contribution in [3.8, 4) is 0 Å². The summed E-state index contributed by atoms with van der Waals surface area (Å²) >= 11 is 0. The van der Waals surface area contributed by atoms with E-state index in [1.54, 1.807) is 0 Å².